The Balaban J connectivity index is 0.00000242. The molecule has 0 saturated carbocycles. The molecule has 1 aromatic heterocycles. The van der Waals surface area contributed by atoms with Crippen molar-refractivity contribution in [3.8, 4) is 0 Å². The third-order valence-electron chi connectivity index (χ3n) is 3.03. The van der Waals surface area contributed by atoms with Gasteiger partial charge in [-0.1, -0.05) is 26.8 Å². The van der Waals surface area contributed by atoms with Crippen LogP contribution < -0.4 is 11.1 Å². The number of benzene rings is 1. The molecule has 0 bridgehead atoms. The summed E-state index contributed by atoms with van der Waals surface area (Å²) in [6, 6.07) is 8.82. The highest BCUT2D eigenvalue weighted by Crippen LogP contribution is 2.22. The molecule has 3 N–H and O–H groups in total. The zero-order valence-electron chi connectivity index (χ0n) is 13.4. The van der Waals surface area contributed by atoms with Gasteiger partial charge in [0.1, 0.15) is 5.82 Å². The van der Waals surface area contributed by atoms with E-state index < -0.39 is 0 Å². The molecule has 0 radical (unpaired) electrons. The Hall–Kier alpha value is -2.01. The van der Waals surface area contributed by atoms with Crippen LogP contribution in [0.4, 0.5) is 11.5 Å². The maximum Gasteiger partial charge on any atom is 0.256 e. The number of aryl methyl sites for hydroxylation is 1. The summed E-state index contributed by atoms with van der Waals surface area (Å²) in [5.41, 5.74) is 7.92. The van der Waals surface area contributed by atoms with Gasteiger partial charge in [-0.3, -0.25) is 9.48 Å². The number of nitrogens with two attached hydrogens (primary N) is 1. The van der Waals surface area contributed by atoms with Gasteiger partial charge in [-0.15, -0.1) is 12.4 Å². The first-order valence-corrected chi connectivity index (χ1v) is 6.94. The number of nitrogens with zero attached hydrogens (tertiary/aromatic N) is 2. The minimum absolute atomic E-state index is 0. The molecule has 1 amide bonds. The van der Waals surface area contributed by atoms with E-state index in [-0.39, 0.29) is 23.7 Å². The molecule has 0 aliphatic carbocycles. The topological polar surface area (TPSA) is 72.9 Å². The van der Waals surface area contributed by atoms with Gasteiger partial charge in [0.15, 0.2) is 0 Å². The summed E-state index contributed by atoms with van der Waals surface area (Å²) in [6.45, 7) is 6.48. The summed E-state index contributed by atoms with van der Waals surface area (Å²) in [5.74, 6) is 0.495. The molecule has 120 valence electrons. The first-order chi connectivity index (χ1) is 9.74. The van der Waals surface area contributed by atoms with Crippen molar-refractivity contribution in [1.29, 1.82) is 0 Å². The van der Waals surface area contributed by atoms with Crippen molar-refractivity contribution in [2.24, 2.45) is 12.5 Å². The zero-order valence-corrected chi connectivity index (χ0v) is 14.2. The summed E-state index contributed by atoms with van der Waals surface area (Å²) < 4.78 is 1.69. The number of nitrogens with one attached hydrogen (secondary N) is 1. The number of anilines is 2. The number of aromatic nitrogens is 2. The van der Waals surface area contributed by atoms with Crippen LogP contribution in [-0.2, 0) is 13.5 Å². The van der Waals surface area contributed by atoms with Gasteiger partial charge >= 0.3 is 0 Å². The molecule has 1 heterocycles. The molecule has 0 atom stereocenters. The number of hydrogen-bond acceptors (Lipinski definition) is 3. The average Bonchev–Trinajstić information content (AvgIpc) is 2.67. The van der Waals surface area contributed by atoms with Crippen molar-refractivity contribution in [3.63, 3.8) is 0 Å². The smallest absolute Gasteiger partial charge is 0.256 e. The van der Waals surface area contributed by atoms with Gasteiger partial charge in [-0.05, 0) is 30.0 Å². The van der Waals surface area contributed by atoms with Crippen LogP contribution in [0.1, 0.15) is 36.8 Å². The molecule has 2 aromatic rings. The summed E-state index contributed by atoms with van der Waals surface area (Å²) in [6.07, 6.45) is 0.856. The number of carbonyl (C=O) groups is 1. The van der Waals surface area contributed by atoms with Gasteiger partial charge < -0.3 is 11.1 Å². The minimum Gasteiger partial charge on any atom is -0.399 e. The molecule has 0 spiro atoms. The Morgan fingerprint density at radius 1 is 1.32 bits per heavy atom. The summed E-state index contributed by atoms with van der Waals surface area (Å²) in [5, 5.41) is 7.30. The van der Waals surface area contributed by atoms with E-state index in [1.54, 1.807) is 28.9 Å². The second-order valence-electron chi connectivity index (χ2n) is 6.46. The van der Waals surface area contributed by atoms with Crippen molar-refractivity contribution in [2.75, 3.05) is 11.1 Å². The second kappa shape index (κ2) is 6.83. The maximum absolute atomic E-state index is 12.2. The summed E-state index contributed by atoms with van der Waals surface area (Å²) in [4.78, 5) is 12.2. The van der Waals surface area contributed by atoms with E-state index in [9.17, 15) is 4.79 Å². The number of rotatable bonds is 3. The van der Waals surface area contributed by atoms with E-state index >= 15 is 0 Å². The van der Waals surface area contributed by atoms with E-state index in [1.165, 1.54) is 0 Å². The number of amides is 1. The Kier molecular flexibility index (Phi) is 5.60. The highest BCUT2D eigenvalue weighted by Gasteiger charge is 2.16. The first-order valence-electron chi connectivity index (χ1n) is 6.94. The third-order valence-corrected chi connectivity index (χ3v) is 3.03. The van der Waals surface area contributed by atoms with Crippen LogP contribution in [0.3, 0.4) is 0 Å². The van der Waals surface area contributed by atoms with Gasteiger partial charge in [-0.2, -0.15) is 5.10 Å². The molecule has 6 heteroatoms. The van der Waals surface area contributed by atoms with Crippen molar-refractivity contribution in [2.45, 2.75) is 27.2 Å². The Morgan fingerprint density at radius 3 is 2.59 bits per heavy atom. The summed E-state index contributed by atoms with van der Waals surface area (Å²) in [7, 11) is 1.82. The highest BCUT2D eigenvalue weighted by molar-refractivity contribution is 6.04. The van der Waals surface area contributed by atoms with Crippen LogP contribution in [0.5, 0.6) is 0 Å². The lowest BCUT2D eigenvalue weighted by Crippen LogP contribution is -2.14. The molecule has 5 nitrogen and oxygen atoms in total. The lowest BCUT2D eigenvalue weighted by molar-refractivity contribution is 0.102. The first kappa shape index (κ1) is 18.0. The van der Waals surface area contributed by atoms with Gasteiger partial charge in [-0.25, -0.2) is 0 Å². The van der Waals surface area contributed by atoms with E-state index in [2.05, 4.69) is 31.2 Å². The SMILES string of the molecule is Cl.Cn1nc(CC(C)(C)C)cc1NC(=O)c1cccc(N)c1. The van der Waals surface area contributed by atoms with Crippen molar-refractivity contribution in [3.05, 3.63) is 41.6 Å². The summed E-state index contributed by atoms with van der Waals surface area (Å²) >= 11 is 0. The fraction of sp³-hybridized carbons (Fsp3) is 0.375. The number of halogens is 1. The molecule has 0 aliphatic rings. The average molecular weight is 323 g/mol. The fourth-order valence-electron chi connectivity index (χ4n) is 2.14. The molecule has 22 heavy (non-hydrogen) atoms. The maximum atomic E-state index is 12.2. The van der Waals surface area contributed by atoms with Crippen molar-refractivity contribution in [1.82, 2.24) is 9.78 Å². The van der Waals surface area contributed by atoms with Gasteiger partial charge in [0.2, 0.25) is 0 Å². The fourth-order valence-corrected chi connectivity index (χ4v) is 2.14. The second-order valence-corrected chi connectivity index (χ2v) is 6.46. The van der Waals surface area contributed by atoms with E-state index in [0.717, 1.165) is 12.1 Å². The van der Waals surface area contributed by atoms with Crippen LogP contribution in [0, 0.1) is 5.41 Å². The van der Waals surface area contributed by atoms with E-state index in [0.29, 0.717) is 17.1 Å². The van der Waals surface area contributed by atoms with Crippen LogP contribution in [-0.4, -0.2) is 15.7 Å². The monoisotopic (exact) mass is 322 g/mol. The van der Waals surface area contributed by atoms with Crippen molar-refractivity contribution < 1.29 is 4.79 Å². The molecule has 0 unspecified atom stereocenters. The number of hydrogen-bond donors (Lipinski definition) is 2. The van der Waals surface area contributed by atoms with Gasteiger partial charge in [0, 0.05) is 24.4 Å². The Labute approximate surface area is 137 Å². The number of carbonyl (C=O) groups excluding carboxylic acids is 1. The molecule has 0 fully saturated rings. The molecule has 0 aliphatic heterocycles. The van der Waals surface area contributed by atoms with Crippen LogP contribution in [0.2, 0.25) is 0 Å². The highest BCUT2D eigenvalue weighted by atomic mass is 35.5. The molecule has 2 rings (SSSR count). The van der Waals surface area contributed by atoms with Gasteiger partial charge in [0.05, 0.1) is 5.69 Å². The lowest BCUT2D eigenvalue weighted by atomic mass is 9.91. The largest absolute Gasteiger partial charge is 0.399 e. The van der Waals surface area contributed by atoms with Crippen LogP contribution >= 0.6 is 12.4 Å². The minimum atomic E-state index is -0.187. The van der Waals surface area contributed by atoms with Gasteiger partial charge in [0.25, 0.3) is 5.91 Å². The van der Waals surface area contributed by atoms with Crippen molar-refractivity contribution >= 4 is 29.8 Å². The molecule has 1 aromatic carbocycles. The molecule has 0 saturated heterocycles. The zero-order chi connectivity index (χ0) is 15.6. The molecular formula is C16H23ClN4O. The molecular weight excluding hydrogens is 300 g/mol. The standard InChI is InChI=1S/C16H22N4O.ClH/c1-16(2,3)10-13-9-14(20(4)19-13)18-15(21)11-6-5-7-12(17)8-11;/h5-9H,10,17H2,1-4H3,(H,18,21);1H. The van der Waals surface area contributed by atoms with E-state index in [1.807, 2.05) is 13.1 Å². The normalized spacial score (nSPS) is 10.9. The number of nitrogen functional groups attached to an aromatic ring is 1. The van der Waals surface area contributed by atoms with Crippen LogP contribution in [0.25, 0.3) is 0 Å². The van der Waals surface area contributed by atoms with Crippen LogP contribution in [0.15, 0.2) is 30.3 Å². The predicted octanol–water partition coefficient (Wildman–Crippen LogP) is 3.27. The van der Waals surface area contributed by atoms with E-state index in [4.69, 9.17) is 5.73 Å². The predicted molar refractivity (Wildman–Crippen MR) is 92.4 cm³/mol. The quantitative estimate of drug-likeness (QED) is 0.852. The Morgan fingerprint density at radius 2 is 2.00 bits per heavy atom. The third kappa shape index (κ3) is 4.77. The lowest BCUT2D eigenvalue weighted by Gasteiger charge is -2.15. The Bertz CT molecular complexity index is 658.